The summed E-state index contributed by atoms with van der Waals surface area (Å²) in [4.78, 5) is 3.51. The average molecular weight is 203 g/mol. The third-order valence-electron chi connectivity index (χ3n) is 1.52. The molecule has 0 amide bonds. The first-order valence-corrected chi connectivity index (χ1v) is 4.35. The van der Waals surface area contributed by atoms with Gasteiger partial charge >= 0.3 is 0 Å². The fraction of sp³-hybridized carbons (Fsp3) is 0.444. The molecule has 4 heteroatoms. The van der Waals surface area contributed by atoms with E-state index in [0.717, 1.165) is 0 Å². The minimum absolute atomic E-state index is 0.423. The number of rotatable bonds is 2. The lowest BCUT2D eigenvalue weighted by Gasteiger charge is -2.18. The summed E-state index contributed by atoms with van der Waals surface area (Å²) in [6.45, 7) is 3.65. The van der Waals surface area contributed by atoms with Gasteiger partial charge in [-0.1, -0.05) is 11.6 Å². The smallest absolute Gasteiger partial charge is 0.216 e. The quantitative estimate of drug-likeness (QED) is 0.747. The lowest BCUT2D eigenvalue weighted by molar-refractivity contribution is 0.487. The average Bonchev–Trinajstić information content (AvgIpc) is 1.94. The normalized spacial score (nSPS) is 11.8. The van der Waals surface area contributed by atoms with Gasteiger partial charge < -0.3 is 5.73 Å². The summed E-state index contributed by atoms with van der Waals surface area (Å²) in [5.74, 6) is -0.497. The van der Waals surface area contributed by atoms with E-state index in [0.29, 0.717) is 17.0 Å². The highest BCUT2D eigenvalue weighted by Gasteiger charge is 2.15. The van der Waals surface area contributed by atoms with E-state index in [-0.39, 0.29) is 0 Å². The zero-order valence-electron chi connectivity index (χ0n) is 7.64. The predicted molar refractivity (Wildman–Crippen MR) is 51.2 cm³/mol. The van der Waals surface area contributed by atoms with Crippen LogP contribution in [-0.2, 0) is 6.42 Å². The van der Waals surface area contributed by atoms with Crippen LogP contribution in [0, 0.1) is 5.95 Å². The highest BCUT2D eigenvalue weighted by molar-refractivity contribution is 6.30. The highest BCUT2D eigenvalue weighted by atomic mass is 35.5. The molecule has 0 saturated carbocycles. The van der Waals surface area contributed by atoms with Crippen LogP contribution in [0.1, 0.15) is 19.4 Å². The van der Waals surface area contributed by atoms with Gasteiger partial charge in [-0.15, -0.1) is 0 Å². The zero-order chi connectivity index (χ0) is 10.1. The van der Waals surface area contributed by atoms with Gasteiger partial charge in [0.25, 0.3) is 0 Å². The molecule has 0 unspecified atom stereocenters. The molecule has 1 aromatic rings. The van der Waals surface area contributed by atoms with Crippen molar-refractivity contribution in [1.82, 2.24) is 4.98 Å². The molecule has 0 aliphatic rings. The minimum Gasteiger partial charge on any atom is -0.325 e. The molecule has 0 aromatic carbocycles. The van der Waals surface area contributed by atoms with Crippen LogP contribution < -0.4 is 5.73 Å². The summed E-state index contributed by atoms with van der Waals surface area (Å²) in [7, 11) is 0. The van der Waals surface area contributed by atoms with Crippen LogP contribution in [0.25, 0.3) is 0 Å². The third kappa shape index (κ3) is 3.28. The van der Waals surface area contributed by atoms with Crippen LogP contribution in [-0.4, -0.2) is 10.5 Å². The van der Waals surface area contributed by atoms with Gasteiger partial charge in [0.2, 0.25) is 5.95 Å². The standard InChI is InChI=1S/C9H12ClFN2/c1-9(2,12)4-6-3-7(10)5-13-8(6)11/h3,5H,4,12H2,1-2H3. The number of hydrogen-bond acceptors (Lipinski definition) is 2. The summed E-state index contributed by atoms with van der Waals surface area (Å²) in [6.07, 6.45) is 1.70. The predicted octanol–water partition coefficient (Wildman–Crippen LogP) is 2.15. The molecule has 0 saturated heterocycles. The van der Waals surface area contributed by atoms with Crippen LogP contribution in [0.3, 0.4) is 0 Å². The number of hydrogen-bond donors (Lipinski definition) is 1. The van der Waals surface area contributed by atoms with E-state index in [1.807, 2.05) is 13.8 Å². The maximum atomic E-state index is 13.1. The van der Waals surface area contributed by atoms with Crippen molar-refractivity contribution in [3.05, 3.63) is 28.8 Å². The minimum atomic E-state index is -0.497. The summed E-state index contributed by atoms with van der Waals surface area (Å²) in [5.41, 5.74) is 5.76. The highest BCUT2D eigenvalue weighted by Crippen LogP contribution is 2.16. The second-order valence-corrected chi connectivity index (χ2v) is 4.21. The molecule has 1 rings (SSSR count). The molecular formula is C9H12ClFN2. The second kappa shape index (κ2) is 3.60. The van der Waals surface area contributed by atoms with E-state index >= 15 is 0 Å². The maximum Gasteiger partial charge on any atom is 0.216 e. The van der Waals surface area contributed by atoms with Crippen molar-refractivity contribution < 1.29 is 4.39 Å². The zero-order valence-corrected chi connectivity index (χ0v) is 8.40. The molecule has 1 aromatic heterocycles. The number of nitrogens with two attached hydrogens (primary N) is 1. The van der Waals surface area contributed by atoms with Crippen LogP contribution in [0.2, 0.25) is 5.02 Å². The Kier molecular flexibility index (Phi) is 2.88. The van der Waals surface area contributed by atoms with Crippen molar-refractivity contribution in [3.63, 3.8) is 0 Å². The monoisotopic (exact) mass is 202 g/mol. The van der Waals surface area contributed by atoms with E-state index in [2.05, 4.69) is 4.98 Å². The fourth-order valence-electron chi connectivity index (χ4n) is 1.08. The SMILES string of the molecule is CC(C)(N)Cc1cc(Cl)cnc1F. The van der Waals surface area contributed by atoms with Crippen molar-refractivity contribution in [2.75, 3.05) is 0 Å². The van der Waals surface area contributed by atoms with E-state index in [4.69, 9.17) is 17.3 Å². The van der Waals surface area contributed by atoms with Crippen LogP contribution in [0.5, 0.6) is 0 Å². The fourth-order valence-corrected chi connectivity index (χ4v) is 1.26. The molecule has 0 fully saturated rings. The van der Waals surface area contributed by atoms with Crippen molar-refractivity contribution in [3.8, 4) is 0 Å². The molecule has 72 valence electrons. The van der Waals surface area contributed by atoms with Gasteiger partial charge in [0, 0.05) is 17.3 Å². The molecule has 0 bridgehead atoms. The Morgan fingerprint density at radius 2 is 2.23 bits per heavy atom. The Morgan fingerprint density at radius 1 is 1.62 bits per heavy atom. The summed E-state index contributed by atoms with van der Waals surface area (Å²) < 4.78 is 13.1. The van der Waals surface area contributed by atoms with Gasteiger partial charge in [-0.2, -0.15) is 4.39 Å². The second-order valence-electron chi connectivity index (χ2n) is 3.77. The Bertz CT molecular complexity index is 307. The summed E-state index contributed by atoms with van der Waals surface area (Å²) >= 11 is 5.68. The summed E-state index contributed by atoms with van der Waals surface area (Å²) in [5, 5.41) is 0.431. The molecule has 0 atom stereocenters. The number of nitrogens with zero attached hydrogens (tertiary/aromatic N) is 1. The Balaban J connectivity index is 2.94. The van der Waals surface area contributed by atoms with Gasteiger partial charge in [0.05, 0.1) is 5.02 Å². The first-order valence-electron chi connectivity index (χ1n) is 3.97. The van der Waals surface area contributed by atoms with Crippen LogP contribution >= 0.6 is 11.6 Å². The first-order chi connectivity index (χ1) is 5.88. The van der Waals surface area contributed by atoms with E-state index in [9.17, 15) is 4.39 Å². The molecule has 0 aliphatic heterocycles. The number of aromatic nitrogens is 1. The lowest BCUT2D eigenvalue weighted by Crippen LogP contribution is -2.34. The third-order valence-corrected chi connectivity index (χ3v) is 1.73. The first kappa shape index (κ1) is 10.4. The largest absolute Gasteiger partial charge is 0.325 e. The van der Waals surface area contributed by atoms with Gasteiger partial charge in [-0.3, -0.25) is 0 Å². The molecule has 0 radical (unpaired) electrons. The van der Waals surface area contributed by atoms with Crippen LogP contribution in [0.4, 0.5) is 4.39 Å². The molecule has 0 spiro atoms. The molecular weight excluding hydrogens is 191 g/mol. The maximum absolute atomic E-state index is 13.1. The molecule has 0 aliphatic carbocycles. The van der Waals surface area contributed by atoms with Crippen LogP contribution in [0.15, 0.2) is 12.3 Å². The van der Waals surface area contributed by atoms with Gasteiger partial charge in [-0.25, -0.2) is 4.98 Å². The topological polar surface area (TPSA) is 38.9 Å². The van der Waals surface area contributed by atoms with Gasteiger partial charge in [0.15, 0.2) is 0 Å². The Hall–Kier alpha value is -0.670. The molecule has 2 N–H and O–H groups in total. The van der Waals surface area contributed by atoms with E-state index in [1.165, 1.54) is 6.20 Å². The molecule has 1 heterocycles. The van der Waals surface area contributed by atoms with E-state index in [1.54, 1.807) is 6.07 Å². The number of pyridine rings is 1. The number of halogens is 2. The Morgan fingerprint density at radius 3 is 2.77 bits per heavy atom. The lowest BCUT2D eigenvalue weighted by atomic mass is 9.97. The van der Waals surface area contributed by atoms with Crippen molar-refractivity contribution in [2.45, 2.75) is 25.8 Å². The Labute approximate surface area is 81.9 Å². The summed E-state index contributed by atoms with van der Waals surface area (Å²) in [6, 6.07) is 1.55. The van der Waals surface area contributed by atoms with Crippen molar-refractivity contribution >= 4 is 11.6 Å². The molecule has 2 nitrogen and oxygen atoms in total. The van der Waals surface area contributed by atoms with Crippen molar-refractivity contribution in [2.24, 2.45) is 5.73 Å². The van der Waals surface area contributed by atoms with Gasteiger partial charge in [-0.05, 0) is 26.3 Å². The van der Waals surface area contributed by atoms with E-state index < -0.39 is 11.5 Å². The van der Waals surface area contributed by atoms with Gasteiger partial charge in [0.1, 0.15) is 0 Å². The van der Waals surface area contributed by atoms with Crippen molar-refractivity contribution in [1.29, 1.82) is 0 Å². The molecule has 13 heavy (non-hydrogen) atoms.